The monoisotopic (exact) mass is 264 g/mol. The Kier molecular flexibility index (Phi) is 3.29. The van der Waals surface area contributed by atoms with E-state index in [1.165, 1.54) is 10.9 Å². The molecule has 4 heteroatoms. The van der Waals surface area contributed by atoms with E-state index in [0.29, 0.717) is 5.92 Å². The number of piperidine rings is 1. The number of aromatic nitrogens is 1. The highest BCUT2D eigenvalue weighted by Gasteiger charge is 2.23. The molecule has 0 radical (unpaired) electrons. The van der Waals surface area contributed by atoms with Crippen LogP contribution in [0.1, 0.15) is 12.0 Å². The minimum absolute atomic E-state index is 0.191. The van der Waals surface area contributed by atoms with Crippen molar-refractivity contribution in [1.29, 1.82) is 0 Å². The molecule has 1 fully saturated rings. The van der Waals surface area contributed by atoms with Crippen molar-refractivity contribution in [3.05, 3.63) is 35.0 Å². The molecule has 0 bridgehead atoms. The Bertz CT molecular complexity index is 552. The van der Waals surface area contributed by atoms with Crippen LogP contribution < -0.4 is 5.32 Å². The number of fused-ring (bicyclic) bond motifs is 1. The summed E-state index contributed by atoms with van der Waals surface area (Å²) in [7, 11) is 0. The molecule has 0 amide bonds. The van der Waals surface area contributed by atoms with E-state index >= 15 is 0 Å². The van der Waals surface area contributed by atoms with Gasteiger partial charge in [0.1, 0.15) is 0 Å². The summed E-state index contributed by atoms with van der Waals surface area (Å²) >= 11 is 5.97. The molecular formula is C14H17ClN2O. The van der Waals surface area contributed by atoms with Crippen molar-refractivity contribution in [2.45, 2.75) is 18.9 Å². The number of hydrogen-bond acceptors (Lipinski definition) is 2. The second-order valence-electron chi connectivity index (χ2n) is 5.03. The van der Waals surface area contributed by atoms with Crippen LogP contribution in [-0.4, -0.2) is 29.3 Å². The molecule has 3 nitrogen and oxygen atoms in total. The summed E-state index contributed by atoms with van der Waals surface area (Å²) in [5, 5.41) is 15.3. The van der Waals surface area contributed by atoms with Gasteiger partial charge < -0.3 is 15.4 Å². The van der Waals surface area contributed by atoms with Crippen molar-refractivity contribution < 1.29 is 5.11 Å². The summed E-state index contributed by atoms with van der Waals surface area (Å²) in [5.74, 6) is 0.299. The molecule has 3 rings (SSSR count). The van der Waals surface area contributed by atoms with Gasteiger partial charge in [0.2, 0.25) is 0 Å². The Balaban J connectivity index is 1.86. The maximum atomic E-state index is 10.0. The molecule has 0 aliphatic carbocycles. The molecular weight excluding hydrogens is 248 g/mol. The Morgan fingerprint density at radius 1 is 1.39 bits per heavy atom. The molecule has 1 aliphatic heterocycles. The Morgan fingerprint density at radius 2 is 2.28 bits per heavy atom. The van der Waals surface area contributed by atoms with Gasteiger partial charge in [-0.25, -0.2) is 0 Å². The molecule has 18 heavy (non-hydrogen) atoms. The summed E-state index contributed by atoms with van der Waals surface area (Å²) in [6.07, 6.45) is 3.58. The van der Waals surface area contributed by atoms with Crippen LogP contribution in [0.25, 0.3) is 10.9 Å². The van der Waals surface area contributed by atoms with Crippen molar-refractivity contribution in [3.63, 3.8) is 0 Å². The van der Waals surface area contributed by atoms with E-state index in [9.17, 15) is 5.11 Å². The summed E-state index contributed by atoms with van der Waals surface area (Å²) < 4.78 is 0. The van der Waals surface area contributed by atoms with Crippen molar-refractivity contribution in [1.82, 2.24) is 10.3 Å². The normalized spacial score (nSPS) is 24.6. The second-order valence-corrected chi connectivity index (χ2v) is 5.46. The van der Waals surface area contributed by atoms with E-state index in [2.05, 4.69) is 10.3 Å². The topological polar surface area (TPSA) is 48.0 Å². The summed E-state index contributed by atoms with van der Waals surface area (Å²) in [6, 6.07) is 5.90. The third-order valence-corrected chi connectivity index (χ3v) is 4.01. The van der Waals surface area contributed by atoms with Crippen molar-refractivity contribution in [3.8, 4) is 0 Å². The SMILES string of the molecule is OC1CCNCC1Cc1c[nH]c2cc(Cl)ccc12. The summed E-state index contributed by atoms with van der Waals surface area (Å²) in [6.45, 7) is 1.81. The highest BCUT2D eigenvalue weighted by atomic mass is 35.5. The summed E-state index contributed by atoms with van der Waals surface area (Å²) in [4.78, 5) is 3.25. The molecule has 2 aromatic rings. The smallest absolute Gasteiger partial charge is 0.0595 e. The van der Waals surface area contributed by atoms with E-state index in [4.69, 9.17) is 11.6 Å². The highest BCUT2D eigenvalue weighted by molar-refractivity contribution is 6.31. The molecule has 0 spiro atoms. The van der Waals surface area contributed by atoms with Crippen LogP contribution in [0.15, 0.2) is 24.4 Å². The van der Waals surface area contributed by atoms with Crippen LogP contribution in [0.4, 0.5) is 0 Å². The van der Waals surface area contributed by atoms with Crippen molar-refractivity contribution >= 4 is 22.5 Å². The highest BCUT2D eigenvalue weighted by Crippen LogP contribution is 2.25. The molecule has 2 atom stereocenters. The fraction of sp³-hybridized carbons (Fsp3) is 0.429. The number of aliphatic hydroxyl groups excluding tert-OH is 1. The van der Waals surface area contributed by atoms with Gasteiger partial charge in [-0.2, -0.15) is 0 Å². The van der Waals surface area contributed by atoms with Crippen molar-refractivity contribution in [2.24, 2.45) is 5.92 Å². The van der Waals surface area contributed by atoms with E-state index < -0.39 is 0 Å². The van der Waals surface area contributed by atoms with Gasteiger partial charge in [-0.1, -0.05) is 17.7 Å². The van der Waals surface area contributed by atoms with Crippen LogP contribution in [-0.2, 0) is 6.42 Å². The lowest BCUT2D eigenvalue weighted by atomic mass is 9.89. The maximum Gasteiger partial charge on any atom is 0.0595 e. The quantitative estimate of drug-likeness (QED) is 0.780. The first-order valence-electron chi connectivity index (χ1n) is 6.38. The zero-order valence-corrected chi connectivity index (χ0v) is 10.9. The van der Waals surface area contributed by atoms with Gasteiger partial charge in [0, 0.05) is 34.6 Å². The van der Waals surface area contributed by atoms with Crippen LogP contribution >= 0.6 is 11.6 Å². The Hall–Kier alpha value is -1.03. The minimum Gasteiger partial charge on any atom is -0.393 e. The van der Waals surface area contributed by atoms with E-state index in [1.54, 1.807) is 0 Å². The average molecular weight is 265 g/mol. The fourth-order valence-electron chi connectivity index (χ4n) is 2.73. The van der Waals surface area contributed by atoms with E-state index in [-0.39, 0.29) is 6.10 Å². The largest absolute Gasteiger partial charge is 0.393 e. The average Bonchev–Trinajstić information content (AvgIpc) is 2.74. The van der Waals surface area contributed by atoms with E-state index in [0.717, 1.165) is 36.5 Å². The number of benzene rings is 1. The lowest BCUT2D eigenvalue weighted by molar-refractivity contribution is 0.0793. The molecule has 0 saturated carbocycles. The Labute approximate surface area is 111 Å². The molecule has 1 aliphatic rings. The number of aliphatic hydroxyl groups is 1. The predicted molar refractivity (Wildman–Crippen MR) is 74.0 cm³/mol. The number of hydrogen-bond donors (Lipinski definition) is 3. The van der Waals surface area contributed by atoms with E-state index in [1.807, 2.05) is 24.4 Å². The predicted octanol–water partition coefficient (Wildman–Crippen LogP) is 2.33. The minimum atomic E-state index is -0.191. The number of rotatable bonds is 2. The third kappa shape index (κ3) is 2.26. The Morgan fingerprint density at radius 3 is 3.11 bits per heavy atom. The van der Waals surface area contributed by atoms with Gasteiger partial charge in [-0.3, -0.25) is 0 Å². The second kappa shape index (κ2) is 4.92. The zero-order valence-electron chi connectivity index (χ0n) is 10.1. The van der Waals surface area contributed by atoms with Gasteiger partial charge in [-0.05, 0) is 37.1 Å². The fourth-order valence-corrected chi connectivity index (χ4v) is 2.90. The van der Waals surface area contributed by atoms with Crippen LogP contribution in [0, 0.1) is 5.92 Å². The van der Waals surface area contributed by atoms with Crippen LogP contribution in [0.3, 0.4) is 0 Å². The summed E-state index contributed by atoms with van der Waals surface area (Å²) in [5.41, 5.74) is 2.32. The molecule has 1 aromatic heterocycles. The van der Waals surface area contributed by atoms with Gasteiger partial charge in [0.05, 0.1) is 6.10 Å². The van der Waals surface area contributed by atoms with Crippen LogP contribution in [0.5, 0.6) is 0 Å². The zero-order chi connectivity index (χ0) is 12.5. The number of halogens is 1. The number of nitrogens with one attached hydrogen (secondary N) is 2. The third-order valence-electron chi connectivity index (χ3n) is 3.78. The lowest BCUT2D eigenvalue weighted by Crippen LogP contribution is -2.40. The van der Waals surface area contributed by atoms with Crippen molar-refractivity contribution in [2.75, 3.05) is 13.1 Å². The van der Waals surface area contributed by atoms with Gasteiger partial charge >= 0.3 is 0 Å². The van der Waals surface area contributed by atoms with Gasteiger partial charge in [-0.15, -0.1) is 0 Å². The van der Waals surface area contributed by atoms with Gasteiger partial charge in [0.15, 0.2) is 0 Å². The van der Waals surface area contributed by atoms with Gasteiger partial charge in [0.25, 0.3) is 0 Å². The molecule has 1 saturated heterocycles. The standard InChI is InChI=1S/C14H17ClN2O/c15-11-1-2-12-9(8-17-13(12)6-11)5-10-7-16-4-3-14(10)18/h1-2,6,8,10,14,16-18H,3-5,7H2. The lowest BCUT2D eigenvalue weighted by Gasteiger charge is -2.28. The molecule has 1 aromatic carbocycles. The maximum absolute atomic E-state index is 10.0. The molecule has 2 unspecified atom stereocenters. The first-order valence-corrected chi connectivity index (χ1v) is 6.76. The molecule has 3 N–H and O–H groups in total. The number of aromatic amines is 1. The molecule has 2 heterocycles. The van der Waals surface area contributed by atoms with Crippen LogP contribution in [0.2, 0.25) is 5.02 Å². The molecule has 96 valence electrons. The number of H-pyrrole nitrogens is 1. The first kappa shape index (κ1) is 12.0. The first-order chi connectivity index (χ1) is 8.74.